The van der Waals surface area contributed by atoms with Crippen molar-refractivity contribution < 1.29 is 14.7 Å². The summed E-state index contributed by atoms with van der Waals surface area (Å²) >= 11 is 0. The largest absolute Gasteiger partial charge is 0.478 e. The summed E-state index contributed by atoms with van der Waals surface area (Å²) in [4.78, 5) is 43.3. The molecule has 3 rings (SSSR count). The molecule has 0 unspecified atom stereocenters. The number of piperidine rings is 1. The summed E-state index contributed by atoms with van der Waals surface area (Å²) in [5.74, 6) is -1.26. The van der Waals surface area contributed by atoms with E-state index in [0.717, 1.165) is 18.4 Å². The van der Waals surface area contributed by atoms with E-state index in [1.165, 1.54) is 12.5 Å². The Kier molecular flexibility index (Phi) is 4.41. The average Bonchev–Trinajstić information content (AvgIpc) is 2.62. The van der Waals surface area contributed by atoms with Crippen LogP contribution in [0.4, 0.5) is 0 Å². The van der Waals surface area contributed by atoms with Gasteiger partial charge in [0.15, 0.2) is 0 Å². The Bertz CT molecular complexity index is 830. The van der Waals surface area contributed by atoms with E-state index in [9.17, 15) is 14.4 Å². The standard InChI is InChI=1S/C17H17N3O4/c21-15-14(8-18-10-19-15)16(22)20-6-2-5-13(9-20)11-3-1-4-12(7-11)17(23)24/h1,3-4,7-8,10,13H,2,5-6,9H2,(H,23,24)(H,18,19,21)/t13-/m1/s1. The quantitative estimate of drug-likeness (QED) is 0.889. The number of nitrogens with one attached hydrogen (secondary N) is 1. The van der Waals surface area contributed by atoms with Crippen molar-refractivity contribution in [3.05, 3.63) is 63.8 Å². The predicted octanol–water partition coefficient (Wildman–Crippen LogP) is 1.49. The second kappa shape index (κ2) is 6.66. The molecule has 1 amide bonds. The van der Waals surface area contributed by atoms with Crippen LogP contribution in [0.2, 0.25) is 0 Å². The molecule has 7 nitrogen and oxygen atoms in total. The molecule has 2 aromatic rings. The maximum atomic E-state index is 12.5. The Morgan fingerprint density at radius 1 is 1.33 bits per heavy atom. The van der Waals surface area contributed by atoms with Gasteiger partial charge >= 0.3 is 5.97 Å². The van der Waals surface area contributed by atoms with E-state index in [1.54, 1.807) is 23.1 Å². The van der Waals surface area contributed by atoms with Crippen molar-refractivity contribution in [1.29, 1.82) is 0 Å². The van der Waals surface area contributed by atoms with Crippen LogP contribution in [0.25, 0.3) is 0 Å². The SMILES string of the molecule is O=C(O)c1cccc([C@@H]2CCCN(C(=O)c3cnc[nH]c3=O)C2)c1. The highest BCUT2D eigenvalue weighted by atomic mass is 16.4. The Balaban J connectivity index is 1.81. The normalized spacial score (nSPS) is 17.5. The fourth-order valence-electron chi connectivity index (χ4n) is 3.03. The van der Waals surface area contributed by atoms with Gasteiger partial charge in [0.05, 0.1) is 11.9 Å². The number of likely N-dealkylation sites (tertiary alicyclic amines) is 1. The second-order valence-corrected chi connectivity index (χ2v) is 5.82. The number of nitrogens with zero attached hydrogens (tertiary/aromatic N) is 2. The summed E-state index contributed by atoms with van der Waals surface area (Å²) in [6, 6.07) is 6.79. The summed E-state index contributed by atoms with van der Waals surface area (Å²) in [5.41, 5.74) is 0.703. The monoisotopic (exact) mass is 327 g/mol. The average molecular weight is 327 g/mol. The Morgan fingerprint density at radius 3 is 2.92 bits per heavy atom. The minimum absolute atomic E-state index is 0.0254. The summed E-state index contributed by atoms with van der Waals surface area (Å²) in [6.07, 6.45) is 4.19. The van der Waals surface area contributed by atoms with Crippen LogP contribution < -0.4 is 5.56 Å². The zero-order chi connectivity index (χ0) is 17.1. The highest BCUT2D eigenvalue weighted by Gasteiger charge is 2.27. The number of amides is 1. The van der Waals surface area contributed by atoms with Gasteiger partial charge < -0.3 is 15.0 Å². The maximum absolute atomic E-state index is 12.5. The van der Waals surface area contributed by atoms with Gasteiger partial charge in [-0.15, -0.1) is 0 Å². The van der Waals surface area contributed by atoms with Gasteiger partial charge in [-0.25, -0.2) is 9.78 Å². The topological polar surface area (TPSA) is 103 Å². The maximum Gasteiger partial charge on any atom is 0.335 e. The fraction of sp³-hybridized carbons (Fsp3) is 0.294. The lowest BCUT2D eigenvalue weighted by Crippen LogP contribution is -2.41. The van der Waals surface area contributed by atoms with E-state index in [-0.39, 0.29) is 23.0 Å². The molecule has 2 N–H and O–H groups in total. The van der Waals surface area contributed by atoms with Crippen molar-refractivity contribution in [2.45, 2.75) is 18.8 Å². The minimum Gasteiger partial charge on any atom is -0.478 e. The number of aromatic amines is 1. The molecule has 1 aliphatic heterocycles. The third-order valence-electron chi connectivity index (χ3n) is 4.26. The van der Waals surface area contributed by atoms with E-state index in [2.05, 4.69) is 9.97 Å². The van der Waals surface area contributed by atoms with Crippen LogP contribution in [0, 0.1) is 0 Å². The van der Waals surface area contributed by atoms with Crippen LogP contribution in [0.15, 0.2) is 41.6 Å². The van der Waals surface area contributed by atoms with Gasteiger partial charge in [-0.05, 0) is 30.5 Å². The first-order valence-electron chi connectivity index (χ1n) is 7.71. The number of carbonyl (C=O) groups excluding carboxylic acids is 1. The fourth-order valence-corrected chi connectivity index (χ4v) is 3.03. The van der Waals surface area contributed by atoms with Gasteiger partial charge in [0.2, 0.25) is 0 Å². The van der Waals surface area contributed by atoms with Crippen LogP contribution in [0.3, 0.4) is 0 Å². The Labute approximate surface area is 138 Å². The number of benzene rings is 1. The number of aromatic carboxylic acids is 1. The van der Waals surface area contributed by atoms with Crippen molar-refractivity contribution >= 4 is 11.9 Å². The molecule has 0 radical (unpaired) electrons. The third kappa shape index (κ3) is 3.19. The molecular weight excluding hydrogens is 310 g/mol. The molecule has 0 spiro atoms. The molecule has 24 heavy (non-hydrogen) atoms. The highest BCUT2D eigenvalue weighted by molar-refractivity contribution is 5.93. The Morgan fingerprint density at radius 2 is 2.17 bits per heavy atom. The summed E-state index contributed by atoms with van der Waals surface area (Å²) in [7, 11) is 0. The van der Waals surface area contributed by atoms with Crippen LogP contribution >= 0.6 is 0 Å². The molecular formula is C17H17N3O4. The number of rotatable bonds is 3. The van der Waals surface area contributed by atoms with Gasteiger partial charge in [0, 0.05) is 25.2 Å². The van der Waals surface area contributed by atoms with Crippen molar-refractivity contribution in [2.24, 2.45) is 0 Å². The Hall–Kier alpha value is -2.96. The van der Waals surface area contributed by atoms with E-state index >= 15 is 0 Å². The first-order chi connectivity index (χ1) is 11.6. The smallest absolute Gasteiger partial charge is 0.335 e. The minimum atomic E-state index is -0.970. The number of carbonyl (C=O) groups is 2. The summed E-state index contributed by atoms with van der Waals surface area (Å²) < 4.78 is 0. The first kappa shape index (κ1) is 15.9. The lowest BCUT2D eigenvalue weighted by atomic mass is 9.89. The van der Waals surface area contributed by atoms with Crippen LogP contribution in [-0.4, -0.2) is 44.9 Å². The summed E-state index contributed by atoms with van der Waals surface area (Å²) in [5, 5.41) is 9.12. The number of aromatic nitrogens is 2. The van der Waals surface area contributed by atoms with Crippen LogP contribution in [0.1, 0.15) is 45.0 Å². The van der Waals surface area contributed by atoms with Crippen molar-refractivity contribution in [3.63, 3.8) is 0 Å². The molecule has 2 heterocycles. The number of hydrogen-bond donors (Lipinski definition) is 2. The highest BCUT2D eigenvalue weighted by Crippen LogP contribution is 2.28. The number of H-pyrrole nitrogens is 1. The molecule has 0 bridgehead atoms. The lowest BCUT2D eigenvalue weighted by molar-refractivity contribution is 0.0687. The van der Waals surface area contributed by atoms with E-state index < -0.39 is 11.5 Å². The summed E-state index contributed by atoms with van der Waals surface area (Å²) in [6.45, 7) is 1.03. The molecule has 1 aliphatic rings. The number of carboxylic acid groups (broad SMARTS) is 1. The van der Waals surface area contributed by atoms with E-state index in [1.807, 2.05) is 6.07 Å². The molecule has 0 aliphatic carbocycles. The van der Waals surface area contributed by atoms with Crippen molar-refractivity contribution in [3.8, 4) is 0 Å². The van der Waals surface area contributed by atoms with E-state index in [0.29, 0.717) is 13.1 Å². The van der Waals surface area contributed by atoms with Crippen molar-refractivity contribution in [2.75, 3.05) is 13.1 Å². The van der Waals surface area contributed by atoms with Gasteiger partial charge in [0.25, 0.3) is 11.5 Å². The van der Waals surface area contributed by atoms with Crippen LogP contribution in [0.5, 0.6) is 0 Å². The molecule has 1 aromatic heterocycles. The van der Waals surface area contributed by atoms with Crippen molar-refractivity contribution in [1.82, 2.24) is 14.9 Å². The van der Waals surface area contributed by atoms with E-state index in [4.69, 9.17) is 5.11 Å². The molecule has 1 fully saturated rings. The number of carboxylic acids is 1. The van der Waals surface area contributed by atoms with Crippen LogP contribution in [-0.2, 0) is 0 Å². The van der Waals surface area contributed by atoms with Gasteiger partial charge in [-0.2, -0.15) is 0 Å². The zero-order valence-electron chi connectivity index (χ0n) is 12.9. The molecule has 1 aromatic carbocycles. The molecule has 1 saturated heterocycles. The molecule has 0 saturated carbocycles. The predicted molar refractivity (Wildman–Crippen MR) is 86.1 cm³/mol. The van der Waals surface area contributed by atoms with Gasteiger partial charge in [-0.1, -0.05) is 12.1 Å². The molecule has 1 atom stereocenters. The molecule has 124 valence electrons. The number of hydrogen-bond acceptors (Lipinski definition) is 4. The lowest BCUT2D eigenvalue weighted by Gasteiger charge is -2.33. The zero-order valence-corrected chi connectivity index (χ0v) is 12.9. The van der Waals surface area contributed by atoms with Gasteiger partial charge in [0.1, 0.15) is 5.56 Å². The first-order valence-corrected chi connectivity index (χ1v) is 7.71. The van der Waals surface area contributed by atoms with Gasteiger partial charge in [-0.3, -0.25) is 9.59 Å². The third-order valence-corrected chi connectivity index (χ3v) is 4.26. The second-order valence-electron chi connectivity index (χ2n) is 5.82. The molecule has 7 heteroatoms.